The van der Waals surface area contributed by atoms with Crippen LogP contribution in [0.2, 0.25) is 0 Å². The van der Waals surface area contributed by atoms with Gasteiger partial charge in [-0.15, -0.1) is 29.7 Å². The normalized spacial score (nSPS) is 10.7. The Bertz CT molecular complexity index is 1250. The van der Waals surface area contributed by atoms with Crippen LogP contribution in [-0.4, -0.2) is 32.4 Å². The number of aryl methyl sites for hydroxylation is 2. The van der Waals surface area contributed by atoms with Crippen molar-refractivity contribution in [2.24, 2.45) is 0 Å². The van der Waals surface area contributed by atoms with E-state index in [9.17, 15) is 0 Å². The van der Waals surface area contributed by atoms with Gasteiger partial charge in [0.1, 0.15) is 0 Å². The summed E-state index contributed by atoms with van der Waals surface area (Å²) in [5.74, 6) is 0. The predicted octanol–water partition coefficient (Wildman–Crippen LogP) is 2.35. The molecule has 0 bridgehead atoms. The molecule has 27 heavy (non-hydrogen) atoms. The van der Waals surface area contributed by atoms with Crippen molar-refractivity contribution in [3.8, 4) is 11.1 Å². The molecule has 0 aliphatic carbocycles. The van der Waals surface area contributed by atoms with Crippen molar-refractivity contribution in [2.45, 2.75) is 13.8 Å². The second kappa shape index (κ2) is 7.62. The van der Waals surface area contributed by atoms with E-state index >= 15 is 0 Å². The molecule has 0 saturated heterocycles. The molecular weight excluding hydrogens is 408 g/mol. The molecule has 0 aliphatic heterocycles. The van der Waals surface area contributed by atoms with Crippen LogP contribution in [0.3, 0.4) is 0 Å². The molecule has 128 valence electrons. The molecule has 0 N–H and O–H groups in total. The van der Waals surface area contributed by atoms with Crippen LogP contribution in [0.15, 0.2) is 67.0 Å². The zero-order valence-corrected chi connectivity index (χ0v) is 18.3. The van der Waals surface area contributed by atoms with Crippen LogP contribution < -0.4 is 17.0 Å². The number of halogens is 1. The van der Waals surface area contributed by atoms with Gasteiger partial charge in [-0.25, -0.2) is 0 Å². The molecule has 0 aliphatic rings. The number of hydrogen-bond donors (Lipinski definition) is 0. The monoisotopic (exact) mass is 424 g/mol. The zero-order chi connectivity index (χ0) is 17.0. The Morgan fingerprint density at radius 1 is 0.926 bits per heavy atom. The van der Waals surface area contributed by atoms with Crippen LogP contribution in [0.5, 0.6) is 0 Å². The average Bonchev–Trinajstić information content (AvgIpc) is 3.12. The van der Waals surface area contributed by atoms with E-state index in [0.717, 1.165) is 11.0 Å². The van der Waals surface area contributed by atoms with Gasteiger partial charge in [0, 0.05) is 17.9 Å². The third-order valence-corrected chi connectivity index (χ3v) is 5.04. The molecule has 0 spiro atoms. The molecule has 2 nitrogen and oxygen atoms in total. The van der Waals surface area contributed by atoms with E-state index in [1.165, 1.54) is 38.5 Å². The third-order valence-electron chi connectivity index (χ3n) is 5.04. The number of imidazole rings is 1. The smallest absolute Gasteiger partial charge is 1.00 e. The van der Waals surface area contributed by atoms with E-state index in [2.05, 4.69) is 71.8 Å². The maximum atomic E-state index is 4.54. The van der Waals surface area contributed by atoms with Crippen LogP contribution >= 0.6 is 0 Å². The first-order valence-corrected chi connectivity index (χ1v) is 8.50. The predicted molar refractivity (Wildman–Crippen MR) is 110 cm³/mol. The van der Waals surface area contributed by atoms with Crippen molar-refractivity contribution < 1.29 is 17.0 Å². The van der Waals surface area contributed by atoms with Crippen molar-refractivity contribution in [1.82, 2.24) is 9.38 Å². The van der Waals surface area contributed by atoms with Gasteiger partial charge < -0.3 is 21.4 Å². The second-order valence-corrected chi connectivity index (χ2v) is 6.58. The summed E-state index contributed by atoms with van der Waals surface area (Å²) < 4.78 is 2.16. The Hall–Kier alpha value is -1.88. The van der Waals surface area contributed by atoms with E-state index in [-0.39, 0.29) is 40.0 Å². The van der Waals surface area contributed by atoms with Gasteiger partial charge in [0.05, 0.1) is 5.65 Å². The molecule has 0 radical (unpaired) electrons. The van der Waals surface area contributed by atoms with Crippen molar-refractivity contribution >= 4 is 50.4 Å². The number of hydrogen-bond acceptors (Lipinski definition) is 1. The first kappa shape index (κ1) is 19.9. The van der Waals surface area contributed by atoms with Crippen molar-refractivity contribution in [1.29, 1.82) is 0 Å². The van der Waals surface area contributed by atoms with Gasteiger partial charge in [-0.1, -0.05) is 35.7 Å². The molecule has 0 fully saturated rings. The minimum Gasteiger partial charge on any atom is -1.00 e. The van der Waals surface area contributed by atoms with Crippen LogP contribution in [0.25, 0.3) is 38.4 Å². The molecule has 3 aromatic carbocycles. The Kier molecular flexibility index (Phi) is 5.61. The molecule has 2 aromatic heterocycles. The second-order valence-electron chi connectivity index (χ2n) is 6.58. The first-order chi connectivity index (χ1) is 12.2. The van der Waals surface area contributed by atoms with Gasteiger partial charge in [0.25, 0.3) is 0 Å². The summed E-state index contributed by atoms with van der Waals surface area (Å²) >= 11 is 0. The first-order valence-electron chi connectivity index (χ1n) is 8.50. The van der Waals surface area contributed by atoms with Crippen molar-refractivity contribution in [3.63, 3.8) is 0 Å². The van der Waals surface area contributed by atoms with E-state index in [1.807, 2.05) is 24.5 Å². The standard InChI is InChI=1S/C23H17N2.BrH.Mg/c1-15-6-5-7-16(2)22(15)17-10-11-21-20(14-17)18-8-3-4-9-19(18)23-24-12-13-25(21)23;;/h3-8,10-14H,1-2H3;1H;/q-1;;+2/p-1. The summed E-state index contributed by atoms with van der Waals surface area (Å²) in [6.45, 7) is 4.36. The number of pyridine rings is 1. The largest absolute Gasteiger partial charge is 2.00 e. The van der Waals surface area contributed by atoms with Gasteiger partial charge in [-0.2, -0.15) is 0 Å². The fourth-order valence-electron chi connectivity index (χ4n) is 3.92. The molecule has 5 rings (SSSR count). The summed E-state index contributed by atoms with van der Waals surface area (Å²) in [5, 5.41) is 3.50. The minimum absolute atomic E-state index is 0. The summed E-state index contributed by atoms with van der Waals surface area (Å²) in [7, 11) is 0. The van der Waals surface area contributed by atoms with E-state index in [0.29, 0.717) is 0 Å². The topological polar surface area (TPSA) is 17.3 Å². The van der Waals surface area contributed by atoms with Crippen LogP contribution in [0, 0.1) is 19.9 Å². The van der Waals surface area contributed by atoms with Crippen LogP contribution in [0.1, 0.15) is 11.1 Å². The summed E-state index contributed by atoms with van der Waals surface area (Å²) in [4.78, 5) is 4.54. The molecule has 0 atom stereocenters. The maximum Gasteiger partial charge on any atom is 2.00 e. The third kappa shape index (κ3) is 3.06. The SMILES string of the molecule is Cc1cccc(C)c1-c1ccc2c(c1)c1ccc[c-]c1c1nccn21.[Br-].[Mg+2]. The Balaban J connectivity index is 0.00000105. The molecule has 2 heterocycles. The minimum atomic E-state index is 0. The van der Waals surface area contributed by atoms with E-state index < -0.39 is 0 Å². The zero-order valence-electron chi connectivity index (χ0n) is 15.3. The number of nitrogens with zero attached hydrogens (tertiary/aromatic N) is 2. The van der Waals surface area contributed by atoms with E-state index in [1.54, 1.807) is 0 Å². The van der Waals surface area contributed by atoms with Gasteiger partial charge in [0.2, 0.25) is 0 Å². The molecule has 0 amide bonds. The maximum absolute atomic E-state index is 4.54. The number of benzene rings is 3. The summed E-state index contributed by atoms with van der Waals surface area (Å²) in [6, 6.07) is 22.7. The Morgan fingerprint density at radius 2 is 1.70 bits per heavy atom. The number of aromatic nitrogens is 2. The van der Waals surface area contributed by atoms with Crippen molar-refractivity contribution in [3.05, 3.63) is 84.2 Å². The van der Waals surface area contributed by atoms with Crippen molar-refractivity contribution in [2.75, 3.05) is 0 Å². The molecule has 0 saturated carbocycles. The molecule has 4 heteroatoms. The number of rotatable bonds is 1. The van der Waals surface area contributed by atoms with Gasteiger partial charge >= 0.3 is 23.1 Å². The summed E-state index contributed by atoms with van der Waals surface area (Å²) in [5.41, 5.74) is 7.33. The number of fused-ring (bicyclic) bond motifs is 6. The summed E-state index contributed by atoms with van der Waals surface area (Å²) in [6.07, 6.45) is 3.88. The molecule has 0 unspecified atom stereocenters. The van der Waals surface area contributed by atoms with Gasteiger partial charge in [0.15, 0.2) is 0 Å². The Labute approximate surface area is 185 Å². The Morgan fingerprint density at radius 3 is 2.48 bits per heavy atom. The van der Waals surface area contributed by atoms with Gasteiger partial charge in [-0.05, 0) is 47.6 Å². The van der Waals surface area contributed by atoms with Crippen LogP contribution in [0.4, 0.5) is 0 Å². The quantitative estimate of drug-likeness (QED) is 0.229. The molecule has 5 aromatic rings. The molecular formula is C23H17BrMgN2. The fourth-order valence-corrected chi connectivity index (χ4v) is 3.92. The van der Waals surface area contributed by atoms with Crippen LogP contribution in [-0.2, 0) is 0 Å². The average molecular weight is 426 g/mol. The fraction of sp³-hybridized carbons (Fsp3) is 0.0870. The van der Waals surface area contributed by atoms with Gasteiger partial charge in [-0.3, -0.25) is 4.98 Å². The van der Waals surface area contributed by atoms with E-state index in [4.69, 9.17) is 0 Å².